The third-order valence-corrected chi connectivity index (χ3v) is 7.61. The van der Waals surface area contributed by atoms with Crippen molar-refractivity contribution < 1.29 is 19.0 Å². The Morgan fingerprint density at radius 1 is 1.26 bits per heavy atom. The topological polar surface area (TPSA) is 88.4 Å². The van der Waals surface area contributed by atoms with Gasteiger partial charge >= 0.3 is 5.97 Å². The normalized spacial score (nSPS) is 19.5. The van der Waals surface area contributed by atoms with E-state index in [1.807, 2.05) is 18.2 Å². The van der Waals surface area contributed by atoms with Crippen LogP contribution in [0, 0.1) is 11.8 Å². The van der Waals surface area contributed by atoms with Gasteiger partial charge in [-0.1, -0.05) is 0 Å². The summed E-state index contributed by atoms with van der Waals surface area (Å²) in [5, 5.41) is 11.1. The number of rotatable bonds is 11. The predicted molar refractivity (Wildman–Crippen MR) is 134 cm³/mol. The second-order valence-electron chi connectivity index (χ2n) is 8.93. The molecular formula is C26H31FN4O3S. The number of likely N-dealkylation sites (tertiary alicyclic amines) is 1. The van der Waals surface area contributed by atoms with Crippen molar-refractivity contribution in [3.63, 3.8) is 0 Å². The van der Waals surface area contributed by atoms with Gasteiger partial charge in [0.05, 0.1) is 18.8 Å². The van der Waals surface area contributed by atoms with Gasteiger partial charge < -0.3 is 14.7 Å². The molecule has 0 amide bonds. The van der Waals surface area contributed by atoms with Crippen LogP contribution in [0.4, 0.5) is 4.39 Å². The molecule has 3 heterocycles. The third kappa shape index (κ3) is 6.89. The molecule has 0 radical (unpaired) electrons. The number of methoxy groups -OCH3 is 1. The number of hydrogen-bond acceptors (Lipinski definition) is 7. The number of alkyl halides is 1. The van der Waals surface area contributed by atoms with E-state index in [0.29, 0.717) is 24.2 Å². The van der Waals surface area contributed by atoms with Crippen LogP contribution in [0.25, 0.3) is 10.9 Å². The van der Waals surface area contributed by atoms with E-state index in [1.165, 1.54) is 0 Å². The van der Waals surface area contributed by atoms with Crippen molar-refractivity contribution >= 4 is 28.6 Å². The zero-order valence-electron chi connectivity index (χ0n) is 19.8. The highest BCUT2D eigenvalue weighted by Gasteiger charge is 2.31. The molecule has 1 aliphatic heterocycles. The average molecular weight is 499 g/mol. The number of ether oxygens (including phenoxy) is 1. The van der Waals surface area contributed by atoms with Crippen LogP contribution < -0.4 is 4.74 Å². The SMILES string of the molecule is COc1ccc2nccc([C@H](F)CC[C@@H]3CCN(CCSc4cnccn4)C[C@@H]3CC(=O)O)c2c1. The van der Waals surface area contributed by atoms with Gasteiger partial charge in [-0.05, 0) is 67.5 Å². The molecule has 0 bridgehead atoms. The number of halogens is 1. The van der Waals surface area contributed by atoms with Crippen molar-refractivity contribution in [1.82, 2.24) is 19.9 Å². The van der Waals surface area contributed by atoms with Crippen molar-refractivity contribution in [2.45, 2.75) is 36.9 Å². The lowest BCUT2D eigenvalue weighted by Gasteiger charge is -2.38. The number of benzene rings is 1. The Balaban J connectivity index is 1.35. The maximum absolute atomic E-state index is 15.4. The maximum atomic E-state index is 15.4. The lowest BCUT2D eigenvalue weighted by atomic mass is 9.79. The second kappa shape index (κ2) is 12.3. The molecule has 1 N–H and O–H groups in total. The molecular weight excluding hydrogens is 467 g/mol. The number of carboxylic acids is 1. The van der Waals surface area contributed by atoms with Crippen molar-refractivity contribution in [2.24, 2.45) is 11.8 Å². The average Bonchev–Trinajstić information content (AvgIpc) is 2.87. The third-order valence-electron chi connectivity index (χ3n) is 6.72. The van der Waals surface area contributed by atoms with Crippen molar-refractivity contribution in [3.05, 3.63) is 54.6 Å². The Morgan fingerprint density at radius 2 is 2.14 bits per heavy atom. The molecule has 186 valence electrons. The number of aromatic nitrogens is 3. The number of carboxylic acid groups (broad SMARTS) is 1. The fourth-order valence-corrected chi connectivity index (χ4v) is 5.73. The molecule has 1 fully saturated rings. The van der Waals surface area contributed by atoms with Crippen LogP contribution in [-0.4, -0.2) is 63.4 Å². The minimum absolute atomic E-state index is 0.0178. The number of thioether (sulfide) groups is 1. The lowest BCUT2D eigenvalue weighted by Crippen LogP contribution is -2.42. The molecule has 7 nitrogen and oxygen atoms in total. The van der Waals surface area contributed by atoms with Crippen LogP contribution in [0.5, 0.6) is 5.75 Å². The summed E-state index contributed by atoms with van der Waals surface area (Å²) in [4.78, 5) is 26.6. The molecule has 0 saturated carbocycles. The summed E-state index contributed by atoms with van der Waals surface area (Å²) in [6.07, 6.45) is 7.60. The van der Waals surface area contributed by atoms with Crippen LogP contribution in [-0.2, 0) is 4.79 Å². The summed E-state index contributed by atoms with van der Waals surface area (Å²) in [5.41, 5.74) is 1.35. The Labute approximate surface area is 209 Å². The minimum atomic E-state index is -1.14. The molecule has 2 aromatic heterocycles. The van der Waals surface area contributed by atoms with E-state index in [4.69, 9.17) is 4.74 Å². The predicted octanol–water partition coefficient (Wildman–Crippen LogP) is 5.03. The van der Waals surface area contributed by atoms with Crippen molar-refractivity contribution in [2.75, 3.05) is 32.5 Å². The smallest absolute Gasteiger partial charge is 0.303 e. The maximum Gasteiger partial charge on any atom is 0.303 e. The molecule has 1 saturated heterocycles. The first-order valence-electron chi connectivity index (χ1n) is 11.9. The number of nitrogens with zero attached hydrogens (tertiary/aromatic N) is 4. The highest BCUT2D eigenvalue weighted by atomic mass is 32.2. The highest BCUT2D eigenvalue weighted by Crippen LogP contribution is 2.36. The van der Waals surface area contributed by atoms with E-state index < -0.39 is 12.1 Å². The first-order chi connectivity index (χ1) is 17.0. The molecule has 0 aliphatic carbocycles. The summed E-state index contributed by atoms with van der Waals surface area (Å²) in [6, 6.07) is 7.22. The largest absolute Gasteiger partial charge is 0.497 e. The molecule has 4 rings (SSSR count). The summed E-state index contributed by atoms with van der Waals surface area (Å²) < 4.78 is 20.7. The molecule has 9 heteroatoms. The molecule has 0 spiro atoms. The van der Waals surface area contributed by atoms with E-state index in [0.717, 1.165) is 47.7 Å². The van der Waals surface area contributed by atoms with Crippen LogP contribution in [0.15, 0.2) is 54.1 Å². The van der Waals surface area contributed by atoms with Gasteiger partial charge in [0.1, 0.15) is 16.9 Å². The van der Waals surface area contributed by atoms with Crippen LogP contribution in [0.2, 0.25) is 0 Å². The van der Waals surface area contributed by atoms with Gasteiger partial charge in [-0.3, -0.25) is 14.8 Å². The van der Waals surface area contributed by atoms with Gasteiger partial charge in [0, 0.05) is 49.2 Å². The number of carbonyl (C=O) groups is 1. The fourth-order valence-electron chi connectivity index (χ4n) is 4.90. The standard InChI is InChI=1S/C26H31FN4O3S/c1-34-20-3-5-24-22(15-20)21(6-8-29-24)23(27)4-2-18-7-11-31(17-19(18)14-26(32)33)12-13-35-25-16-28-9-10-30-25/h3,5-6,8-10,15-16,18-19,23H,2,4,7,11-14,17H2,1H3,(H,32,33)/t18-,19+,23-/m1/s1. The van der Waals surface area contributed by atoms with Crippen molar-refractivity contribution in [1.29, 1.82) is 0 Å². The second-order valence-corrected chi connectivity index (χ2v) is 10.0. The van der Waals surface area contributed by atoms with Gasteiger partial charge in [0.2, 0.25) is 0 Å². The number of pyridine rings is 1. The molecule has 3 atom stereocenters. The highest BCUT2D eigenvalue weighted by molar-refractivity contribution is 7.99. The zero-order chi connectivity index (χ0) is 24.6. The van der Waals surface area contributed by atoms with Crippen LogP contribution in [0.3, 0.4) is 0 Å². The van der Waals surface area contributed by atoms with E-state index in [9.17, 15) is 9.90 Å². The Morgan fingerprint density at radius 3 is 2.91 bits per heavy atom. The quantitative estimate of drug-likeness (QED) is 0.368. The monoisotopic (exact) mass is 498 g/mol. The Bertz CT molecular complexity index is 1120. The van der Waals surface area contributed by atoms with Gasteiger partial charge in [0.15, 0.2) is 0 Å². The molecule has 1 aromatic carbocycles. The lowest BCUT2D eigenvalue weighted by molar-refractivity contribution is -0.139. The molecule has 35 heavy (non-hydrogen) atoms. The molecule has 3 aromatic rings. The first kappa shape index (κ1) is 25.3. The van der Waals surface area contributed by atoms with Gasteiger partial charge in [0.25, 0.3) is 0 Å². The van der Waals surface area contributed by atoms with Crippen LogP contribution in [0.1, 0.15) is 37.4 Å². The van der Waals surface area contributed by atoms with Crippen LogP contribution >= 0.6 is 11.8 Å². The summed E-state index contributed by atoms with van der Waals surface area (Å²) in [7, 11) is 1.59. The number of aliphatic carboxylic acids is 1. The minimum Gasteiger partial charge on any atom is -0.497 e. The van der Waals surface area contributed by atoms with E-state index in [2.05, 4.69) is 19.9 Å². The fraction of sp³-hybridized carbons (Fsp3) is 0.462. The Hall–Kier alpha value is -2.78. The van der Waals surface area contributed by atoms with E-state index in [1.54, 1.807) is 49.7 Å². The zero-order valence-corrected chi connectivity index (χ0v) is 20.7. The summed E-state index contributed by atoms with van der Waals surface area (Å²) in [5.74, 6) is 0.958. The van der Waals surface area contributed by atoms with E-state index in [-0.39, 0.29) is 18.3 Å². The molecule has 0 unspecified atom stereocenters. The summed E-state index contributed by atoms with van der Waals surface area (Å²) >= 11 is 1.65. The number of hydrogen-bond donors (Lipinski definition) is 1. The van der Waals surface area contributed by atoms with Gasteiger partial charge in [-0.25, -0.2) is 9.37 Å². The number of piperidine rings is 1. The van der Waals surface area contributed by atoms with Gasteiger partial charge in [-0.15, -0.1) is 11.8 Å². The van der Waals surface area contributed by atoms with Gasteiger partial charge in [-0.2, -0.15) is 0 Å². The van der Waals surface area contributed by atoms with E-state index >= 15 is 4.39 Å². The molecule has 1 aliphatic rings. The van der Waals surface area contributed by atoms with Crippen molar-refractivity contribution in [3.8, 4) is 5.75 Å². The summed E-state index contributed by atoms with van der Waals surface area (Å²) in [6.45, 7) is 2.49. The number of fused-ring (bicyclic) bond motifs is 1. The first-order valence-corrected chi connectivity index (χ1v) is 12.9. The Kier molecular flexibility index (Phi) is 8.87.